The summed E-state index contributed by atoms with van der Waals surface area (Å²) in [7, 11) is 0. The average Bonchev–Trinajstić information content (AvgIpc) is 2.89. The van der Waals surface area contributed by atoms with Crippen molar-refractivity contribution in [3.63, 3.8) is 0 Å². The first-order chi connectivity index (χ1) is 9.70. The van der Waals surface area contributed by atoms with Crippen molar-refractivity contribution >= 4 is 22.9 Å². The number of hydrogen-bond acceptors (Lipinski definition) is 2. The summed E-state index contributed by atoms with van der Waals surface area (Å²) in [5.41, 5.74) is 1.55. The van der Waals surface area contributed by atoms with Crippen LogP contribution >= 0.6 is 22.9 Å². The van der Waals surface area contributed by atoms with E-state index in [1.165, 1.54) is 10.4 Å². The van der Waals surface area contributed by atoms with Crippen LogP contribution in [0, 0.1) is 0 Å². The minimum atomic E-state index is 0.144. The summed E-state index contributed by atoms with van der Waals surface area (Å²) in [4.78, 5) is 1.36. The molecule has 0 saturated heterocycles. The molecule has 1 heterocycles. The molecule has 1 aromatic heterocycles. The van der Waals surface area contributed by atoms with E-state index in [-0.39, 0.29) is 5.41 Å². The first-order valence-electron chi connectivity index (χ1n) is 7.20. The Morgan fingerprint density at radius 1 is 1.10 bits per heavy atom. The minimum absolute atomic E-state index is 0.144. The minimum Gasteiger partial charge on any atom is -0.316 e. The van der Waals surface area contributed by atoms with E-state index in [1.54, 1.807) is 11.3 Å². The highest BCUT2D eigenvalue weighted by Crippen LogP contribution is 2.34. The van der Waals surface area contributed by atoms with Gasteiger partial charge in [-0.05, 0) is 37.1 Å². The first-order valence-corrected chi connectivity index (χ1v) is 8.40. The zero-order valence-electron chi connectivity index (χ0n) is 12.2. The van der Waals surface area contributed by atoms with Crippen LogP contribution in [0.15, 0.2) is 42.5 Å². The third-order valence-electron chi connectivity index (χ3n) is 3.92. The van der Waals surface area contributed by atoms with Crippen molar-refractivity contribution in [1.82, 2.24) is 5.32 Å². The van der Waals surface area contributed by atoms with E-state index in [0.717, 1.165) is 30.3 Å². The second kappa shape index (κ2) is 7.26. The fraction of sp³-hybridized carbons (Fsp3) is 0.412. The smallest absolute Gasteiger partial charge is 0.0931 e. The van der Waals surface area contributed by atoms with Crippen molar-refractivity contribution in [3.05, 3.63) is 57.2 Å². The molecule has 1 N–H and O–H groups in total. The molecule has 0 radical (unpaired) electrons. The molecule has 0 spiro atoms. The summed E-state index contributed by atoms with van der Waals surface area (Å²) >= 11 is 7.78. The highest BCUT2D eigenvalue weighted by Gasteiger charge is 2.30. The molecule has 1 atom stereocenters. The van der Waals surface area contributed by atoms with E-state index in [2.05, 4.69) is 55.6 Å². The van der Waals surface area contributed by atoms with Crippen molar-refractivity contribution in [3.8, 4) is 0 Å². The molecule has 1 aromatic carbocycles. The van der Waals surface area contributed by atoms with Crippen LogP contribution in [-0.2, 0) is 11.8 Å². The maximum Gasteiger partial charge on any atom is 0.0931 e. The summed E-state index contributed by atoms with van der Waals surface area (Å²) in [5.74, 6) is 0. The Kier molecular flexibility index (Phi) is 5.64. The van der Waals surface area contributed by atoms with Crippen LogP contribution in [-0.4, -0.2) is 13.1 Å². The molecule has 0 aliphatic heterocycles. The van der Waals surface area contributed by atoms with Gasteiger partial charge in [0.1, 0.15) is 0 Å². The van der Waals surface area contributed by atoms with E-state index < -0.39 is 0 Å². The predicted octanol–water partition coefficient (Wildman–Crippen LogP) is 4.90. The molecule has 0 fully saturated rings. The van der Waals surface area contributed by atoms with Gasteiger partial charge in [-0.2, -0.15) is 0 Å². The zero-order chi connectivity index (χ0) is 14.4. The summed E-state index contributed by atoms with van der Waals surface area (Å²) in [5, 5.41) is 3.54. The Labute approximate surface area is 131 Å². The third kappa shape index (κ3) is 3.63. The van der Waals surface area contributed by atoms with Gasteiger partial charge in [0, 0.05) is 16.8 Å². The van der Waals surface area contributed by atoms with Crippen molar-refractivity contribution in [2.75, 3.05) is 13.1 Å². The van der Waals surface area contributed by atoms with Crippen LogP contribution in [0.4, 0.5) is 0 Å². The molecular formula is C17H22ClNS. The summed E-state index contributed by atoms with van der Waals surface area (Å²) in [6.45, 7) is 6.44. The molecule has 0 amide bonds. The molecule has 2 aromatic rings. The van der Waals surface area contributed by atoms with Crippen molar-refractivity contribution < 1.29 is 0 Å². The molecule has 20 heavy (non-hydrogen) atoms. The highest BCUT2D eigenvalue weighted by molar-refractivity contribution is 7.16. The predicted molar refractivity (Wildman–Crippen MR) is 90.0 cm³/mol. The van der Waals surface area contributed by atoms with Gasteiger partial charge in [-0.25, -0.2) is 0 Å². The Morgan fingerprint density at radius 3 is 2.40 bits per heavy atom. The standard InChI is InChI=1S/C17H22ClNS/c1-3-17(13-19-4-2,14-8-6-5-7-9-14)12-15-10-11-16(18)20-15/h5-11,19H,3-4,12-13H2,1-2H3. The highest BCUT2D eigenvalue weighted by atomic mass is 35.5. The lowest BCUT2D eigenvalue weighted by atomic mass is 9.75. The topological polar surface area (TPSA) is 12.0 Å². The molecular weight excluding hydrogens is 286 g/mol. The van der Waals surface area contributed by atoms with Crippen molar-refractivity contribution in [1.29, 1.82) is 0 Å². The second-order valence-corrected chi connectivity index (χ2v) is 6.96. The van der Waals surface area contributed by atoms with Crippen LogP contribution < -0.4 is 5.32 Å². The van der Waals surface area contributed by atoms with Gasteiger partial charge in [0.25, 0.3) is 0 Å². The molecule has 2 rings (SSSR count). The van der Waals surface area contributed by atoms with Gasteiger partial charge in [-0.3, -0.25) is 0 Å². The van der Waals surface area contributed by atoms with Gasteiger partial charge in [0.05, 0.1) is 4.34 Å². The monoisotopic (exact) mass is 307 g/mol. The molecule has 0 aliphatic carbocycles. The Bertz CT molecular complexity index is 523. The van der Waals surface area contributed by atoms with E-state index in [9.17, 15) is 0 Å². The van der Waals surface area contributed by atoms with Gasteiger partial charge in [0.15, 0.2) is 0 Å². The SMILES string of the molecule is CCNCC(CC)(Cc1ccc(Cl)s1)c1ccccc1. The van der Waals surface area contributed by atoms with E-state index in [1.807, 2.05) is 6.07 Å². The molecule has 0 bridgehead atoms. The number of rotatable bonds is 7. The average molecular weight is 308 g/mol. The molecule has 1 nitrogen and oxygen atoms in total. The van der Waals surface area contributed by atoms with Gasteiger partial charge >= 0.3 is 0 Å². The number of likely N-dealkylation sites (N-methyl/N-ethyl adjacent to an activating group) is 1. The van der Waals surface area contributed by atoms with Crippen molar-refractivity contribution in [2.45, 2.75) is 32.1 Å². The quantitative estimate of drug-likeness (QED) is 0.767. The normalized spacial score (nSPS) is 14.2. The number of halogens is 1. The molecule has 0 saturated carbocycles. The summed E-state index contributed by atoms with van der Waals surface area (Å²) in [6, 6.07) is 15.0. The van der Waals surface area contributed by atoms with Crippen LogP contribution in [0.25, 0.3) is 0 Å². The molecule has 108 valence electrons. The second-order valence-electron chi connectivity index (χ2n) is 5.16. The number of thiophene rings is 1. The van der Waals surface area contributed by atoms with Crippen molar-refractivity contribution in [2.24, 2.45) is 0 Å². The van der Waals surface area contributed by atoms with E-state index >= 15 is 0 Å². The fourth-order valence-corrected chi connectivity index (χ4v) is 3.89. The van der Waals surface area contributed by atoms with Gasteiger partial charge in [-0.15, -0.1) is 11.3 Å². The Morgan fingerprint density at radius 2 is 1.85 bits per heavy atom. The van der Waals surface area contributed by atoms with E-state index in [0.29, 0.717) is 0 Å². The lowest BCUT2D eigenvalue weighted by Gasteiger charge is -2.33. The summed E-state index contributed by atoms with van der Waals surface area (Å²) < 4.78 is 0.876. The van der Waals surface area contributed by atoms with Gasteiger partial charge in [0.2, 0.25) is 0 Å². The molecule has 0 aliphatic rings. The number of benzene rings is 1. The van der Waals surface area contributed by atoms with Gasteiger partial charge in [-0.1, -0.05) is 55.8 Å². The third-order valence-corrected chi connectivity index (χ3v) is 5.15. The van der Waals surface area contributed by atoms with Crippen LogP contribution in [0.1, 0.15) is 30.7 Å². The number of hydrogen-bond donors (Lipinski definition) is 1. The van der Waals surface area contributed by atoms with Crippen LogP contribution in [0.5, 0.6) is 0 Å². The van der Waals surface area contributed by atoms with Crippen LogP contribution in [0.2, 0.25) is 4.34 Å². The maximum atomic E-state index is 6.09. The molecule has 1 unspecified atom stereocenters. The lowest BCUT2D eigenvalue weighted by Crippen LogP contribution is -2.39. The summed E-state index contributed by atoms with van der Waals surface area (Å²) in [6.07, 6.45) is 2.15. The van der Waals surface area contributed by atoms with E-state index in [4.69, 9.17) is 11.6 Å². The van der Waals surface area contributed by atoms with Gasteiger partial charge < -0.3 is 5.32 Å². The zero-order valence-corrected chi connectivity index (χ0v) is 13.7. The Hall–Kier alpha value is -0.830. The maximum absolute atomic E-state index is 6.09. The van der Waals surface area contributed by atoms with Crippen LogP contribution in [0.3, 0.4) is 0 Å². The Balaban J connectivity index is 2.31. The lowest BCUT2D eigenvalue weighted by molar-refractivity contribution is 0.384. The fourth-order valence-electron chi connectivity index (χ4n) is 2.66. The molecule has 3 heteroatoms. The first kappa shape index (κ1) is 15.6. The largest absolute Gasteiger partial charge is 0.316 e. The number of nitrogens with one attached hydrogen (secondary N) is 1.